The quantitative estimate of drug-likeness (QED) is 0.904. The van der Waals surface area contributed by atoms with Gasteiger partial charge in [0, 0.05) is 29.7 Å². The number of hydrogen-bond donors (Lipinski definition) is 1. The molecule has 4 heteroatoms. The normalized spacial score (nSPS) is 18.2. The molecule has 1 N–H and O–H groups in total. The largest absolute Gasteiger partial charge is 0.337 e. The summed E-state index contributed by atoms with van der Waals surface area (Å²) >= 11 is 6.06. The average Bonchev–Trinajstić information content (AvgIpc) is 2.89. The minimum absolute atomic E-state index is 0.0890. The zero-order valence-electron chi connectivity index (χ0n) is 12.3. The molecule has 0 saturated carbocycles. The van der Waals surface area contributed by atoms with Crippen LogP contribution in [0.25, 0.3) is 0 Å². The van der Waals surface area contributed by atoms with Crippen LogP contribution in [0.15, 0.2) is 18.2 Å². The minimum atomic E-state index is 0.0890. The Morgan fingerprint density at radius 2 is 2.25 bits per heavy atom. The molecule has 20 heavy (non-hydrogen) atoms. The van der Waals surface area contributed by atoms with Gasteiger partial charge >= 0.3 is 0 Å². The van der Waals surface area contributed by atoms with Crippen molar-refractivity contribution in [1.29, 1.82) is 0 Å². The molecule has 3 nitrogen and oxygen atoms in total. The van der Waals surface area contributed by atoms with E-state index in [4.69, 9.17) is 11.6 Å². The number of carbonyl (C=O) groups excluding carboxylic acids is 1. The van der Waals surface area contributed by atoms with E-state index < -0.39 is 0 Å². The molecule has 1 fully saturated rings. The molecule has 0 spiro atoms. The lowest BCUT2D eigenvalue weighted by Gasteiger charge is -2.26. The van der Waals surface area contributed by atoms with Gasteiger partial charge in [0.2, 0.25) is 0 Å². The highest BCUT2D eigenvalue weighted by Crippen LogP contribution is 2.17. The molecule has 0 aliphatic carbocycles. The summed E-state index contributed by atoms with van der Waals surface area (Å²) in [5.41, 5.74) is 1.72. The van der Waals surface area contributed by atoms with Gasteiger partial charge in [-0.1, -0.05) is 18.5 Å². The predicted octanol–water partition coefficient (Wildman–Crippen LogP) is 3.25. The summed E-state index contributed by atoms with van der Waals surface area (Å²) in [6.07, 6.45) is 3.33. The van der Waals surface area contributed by atoms with E-state index in [1.54, 1.807) is 6.07 Å². The molecule has 1 atom stereocenters. The zero-order chi connectivity index (χ0) is 14.5. The zero-order valence-corrected chi connectivity index (χ0v) is 13.0. The second-order valence-electron chi connectivity index (χ2n) is 5.56. The van der Waals surface area contributed by atoms with Gasteiger partial charge in [-0.15, -0.1) is 0 Å². The van der Waals surface area contributed by atoms with Crippen LogP contribution in [-0.4, -0.2) is 36.5 Å². The highest BCUT2D eigenvalue weighted by atomic mass is 35.5. The fourth-order valence-electron chi connectivity index (χ4n) is 2.77. The van der Waals surface area contributed by atoms with Crippen molar-refractivity contribution in [1.82, 2.24) is 10.2 Å². The first-order valence-electron chi connectivity index (χ1n) is 7.40. The first-order valence-corrected chi connectivity index (χ1v) is 7.78. The van der Waals surface area contributed by atoms with Gasteiger partial charge < -0.3 is 10.2 Å². The van der Waals surface area contributed by atoms with E-state index in [0.717, 1.165) is 38.0 Å². The molecule has 1 aromatic carbocycles. The Bertz CT molecular complexity index is 449. The van der Waals surface area contributed by atoms with Crippen LogP contribution in [0.4, 0.5) is 0 Å². The third-order valence-electron chi connectivity index (χ3n) is 3.67. The van der Waals surface area contributed by atoms with Crippen LogP contribution in [0.3, 0.4) is 0 Å². The average molecular weight is 295 g/mol. The summed E-state index contributed by atoms with van der Waals surface area (Å²) in [7, 11) is 0. The van der Waals surface area contributed by atoms with E-state index >= 15 is 0 Å². The summed E-state index contributed by atoms with van der Waals surface area (Å²) in [5, 5.41) is 4.08. The maximum atomic E-state index is 12.7. The van der Waals surface area contributed by atoms with Gasteiger partial charge in [0.25, 0.3) is 5.91 Å². The second-order valence-corrected chi connectivity index (χ2v) is 6.00. The van der Waals surface area contributed by atoms with Crippen LogP contribution in [0, 0.1) is 6.92 Å². The van der Waals surface area contributed by atoms with Crippen molar-refractivity contribution >= 4 is 17.5 Å². The van der Waals surface area contributed by atoms with Crippen molar-refractivity contribution in [3.8, 4) is 0 Å². The number of amides is 1. The topological polar surface area (TPSA) is 32.3 Å². The fourth-order valence-corrected chi connectivity index (χ4v) is 3.06. The number of nitrogens with one attached hydrogen (secondary N) is 1. The van der Waals surface area contributed by atoms with Crippen LogP contribution >= 0.6 is 11.6 Å². The number of halogens is 1. The predicted molar refractivity (Wildman–Crippen MR) is 83.4 cm³/mol. The van der Waals surface area contributed by atoms with Crippen LogP contribution < -0.4 is 5.32 Å². The Morgan fingerprint density at radius 3 is 2.85 bits per heavy atom. The van der Waals surface area contributed by atoms with Gasteiger partial charge in [-0.25, -0.2) is 0 Å². The molecular formula is C16H23ClN2O. The first-order chi connectivity index (χ1) is 9.60. The van der Waals surface area contributed by atoms with Crippen molar-refractivity contribution in [3.05, 3.63) is 34.3 Å². The molecule has 1 saturated heterocycles. The highest BCUT2D eigenvalue weighted by Gasteiger charge is 2.22. The molecule has 0 aromatic heterocycles. The monoisotopic (exact) mass is 294 g/mol. The molecule has 1 aliphatic heterocycles. The van der Waals surface area contributed by atoms with Crippen molar-refractivity contribution in [3.63, 3.8) is 0 Å². The Kier molecular flexibility index (Phi) is 5.44. The molecule has 1 aromatic rings. The van der Waals surface area contributed by atoms with E-state index in [2.05, 4.69) is 12.2 Å². The van der Waals surface area contributed by atoms with Crippen molar-refractivity contribution in [2.24, 2.45) is 0 Å². The van der Waals surface area contributed by atoms with Gasteiger partial charge in [-0.05, 0) is 56.5 Å². The molecule has 110 valence electrons. The molecular weight excluding hydrogens is 272 g/mol. The lowest BCUT2D eigenvalue weighted by molar-refractivity contribution is 0.0742. The summed E-state index contributed by atoms with van der Waals surface area (Å²) in [4.78, 5) is 14.6. The van der Waals surface area contributed by atoms with E-state index in [0.29, 0.717) is 16.6 Å². The van der Waals surface area contributed by atoms with Crippen molar-refractivity contribution < 1.29 is 4.79 Å². The lowest BCUT2D eigenvalue weighted by Crippen LogP contribution is -2.41. The molecule has 1 amide bonds. The van der Waals surface area contributed by atoms with E-state index in [9.17, 15) is 4.79 Å². The van der Waals surface area contributed by atoms with Crippen LogP contribution in [-0.2, 0) is 0 Å². The smallest absolute Gasteiger partial charge is 0.253 e. The fraction of sp³-hybridized carbons (Fsp3) is 0.562. The number of hydrogen-bond acceptors (Lipinski definition) is 2. The second kappa shape index (κ2) is 7.09. The third kappa shape index (κ3) is 3.97. The van der Waals surface area contributed by atoms with E-state index in [-0.39, 0.29) is 5.91 Å². The van der Waals surface area contributed by atoms with Crippen LogP contribution in [0.5, 0.6) is 0 Å². The van der Waals surface area contributed by atoms with Gasteiger partial charge in [0.1, 0.15) is 0 Å². The van der Waals surface area contributed by atoms with Crippen molar-refractivity contribution in [2.75, 3.05) is 19.6 Å². The Morgan fingerprint density at radius 1 is 1.45 bits per heavy atom. The number of carbonyl (C=O) groups is 1. The maximum absolute atomic E-state index is 12.7. The number of nitrogens with zero attached hydrogens (tertiary/aromatic N) is 1. The van der Waals surface area contributed by atoms with Gasteiger partial charge in [0.15, 0.2) is 0 Å². The standard InChI is InChI=1S/C16H23ClN2O/c1-3-7-19(11-15-5-4-6-18-15)16(20)13-8-12(2)9-14(17)10-13/h8-10,15,18H,3-7,11H2,1-2H3. The number of aryl methyl sites for hydroxylation is 1. The lowest BCUT2D eigenvalue weighted by atomic mass is 10.1. The Balaban J connectivity index is 2.12. The Labute approximate surface area is 126 Å². The van der Waals surface area contributed by atoms with Crippen molar-refractivity contribution in [2.45, 2.75) is 39.2 Å². The van der Waals surface area contributed by atoms with Crippen LogP contribution in [0.2, 0.25) is 5.02 Å². The number of benzene rings is 1. The molecule has 1 aliphatic rings. The summed E-state index contributed by atoms with van der Waals surface area (Å²) < 4.78 is 0. The molecule has 0 radical (unpaired) electrons. The van der Waals surface area contributed by atoms with Gasteiger partial charge in [-0.2, -0.15) is 0 Å². The van der Waals surface area contributed by atoms with Gasteiger partial charge in [-0.3, -0.25) is 4.79 Å². The molecule has 0 bridgehead atoms. The maximum Gasteiger partial charge on any atom is 0.253 e. The summed E-state index contributed by atoms with van der Waals surface area (Å²) in [6.45, 7) is 6.72. The SMILES string of the molecule is CCCN(CC1CCCN1)C(=O)c1cc(C)cc(Cl)c1. The summed E-state index contributed by atoms with van der Waals surface area (Å²) in [6, 6.07) is 5.99. The highest BCUT2D eigenvalue weighted by molar-refractivity contribution is 6.31. The third-order valence-corrected chi connectivity index (χ3v) is 3.89. The van der Waals surface area contributed by atoms with Crippen LogP contribution in [0.1, 0.15) is 42.1 Å². The first kappa shape index (κ1) is 15.3. The summed E-state index contributed by atoms with van der Waals surface area (Å²) in [5.74, 6) is 0.0890. The number of rotatable bonds is 5. The van der Waals surface area contributed by atoms with Gasteiger partial charge in [0.05, 0.1) is 0 Å². The van der Waals surface area contributed by atoms with E-state index in [1.165, 1.54) is 6.42 Å². The molecule has 1 heterocycles. The Hall–Kier alpha value is -1.06. The molecule has 1 unspecified atom stereocenters. The minimum Gasteiger partial charge on any atom is -0.337 e. The van der Waals surface area contributed by atoms with E-state index in [1.807, 2.05) is 24.0 Å². The molecule has 2 rings (SSSR count).